The van der Waals surface area contributed by atoms with Crippen molar-refractivity contribution in [3.8, 4) is 0 Å². The fourth-order valence-corrected chi connectivity index (χ4v) is 2.68. The Morgan fingerprint density at radius 2 is 2.29 bits per heavy atom. The molecule has 1 aliphatic rings. The van der Waals surface area contributed by atoms with Crippen LogP contribution in [0.1, 0.15) is 13.3 Å². The van der Waals surface area contributed by atoms with E-state index in [-0.39, 0.29) is 17.0 Å². The van der Waals surface area contributed by atoms with E-state index in [1.54, 1.807) is 18.3 Å². The van der Waals surface area contributed by atoms with Crippen LogP contribution < -0.4 is 5.32 Å². The third-order valence-corrected chi connectivity index (χ3v) is 4.00. The first-order valence-corrected chi connectivity index (χ1v) is 7.41. The van der Waals surface area contributed by atoms with Crippen LogP contribution in [0.4, 0.5) is 5.82 Å². The number of hydrogen-bond donors (Lipinski definition) is 1. The van der Waals surface area contributed by atoms with Gasteiger partial charge in [0.15, 0.2) is 9.84 Å². The van der Waals surface area contributed by atoms with Crippen LogP contribution in [-0.4, -0.2) is 38.4 Å². The van der Waals surface area contributed by atoms with Crippen molar-refractivity contribution >= 4 is 15.7 Å². The van der Waals surface area contributed by atoms with Gasteiger partial charge in [-0.3, -0.25) is 0 Å². The summed E-state index contributed by atoms with van der Waals surface area (Å²) in [6.45, 7) is 2.66. The van der Waals surface area contributed by atoms with Gasteiger partial charge >= 0.3 is 0 Å². The van der Waals surface area contributed by atoms with Crippen molar-refractivity contribution in [3.63, 3.8) is 0 Å². The Kier molecular flexibility index (Phi) is 3.35. The van der Waals surface area contributed by atoms with Crippen LogP contribution in [0.5, 0.6) is 0 Å². The average molecular weight is 256 g/mol. The number of sulfone groups is 1. The predicted molar refractivity (Wildman–Crippen MR) is 64.8 cm³/mol. The van der Waals surface area contributed by atoms with E-state index in [1.807, 2.05) is 6.92 Å². The average Bonchev–Trinajstić information content (AvgIpc) is 2.64. The first-order valence-electron chi connectivity index (χ1n) is 5.51. The third kappa shape index (κ3) is 2.76. The molecule has 1 fully saturated rings. The van der Waals surface area contributed by atoms with Gasteiger partial charge in [-0.2, -0.15) is 0 Å². The van der Waals surface area contributed by atoms with Crippen LogP contribution in [0.15, 0.2) is 23.2 Å². The second kappa shape index (κ2) is 4.62. The number of anilines is 1. The highest BCUT2D eigenvalue weighted by molar-refractivity contribution is 7.90. The van der Waals surface area contributed by atoms with Crippen molar-refractivity contribution in [2.75, 3.05) is 18.2 Å². The summed E-state index contributed by atoms with van der Waals surface area (Å²) in [7, 11) is -3.26. The van der Waals surface area contributed by atoms with Crippen molar-refractivity contribution in [1.82, 2.24) is 4.98 Å². The van der Waals surface area contributed by atoms with E-state index in [1.165, 1.54) is 6.26 Å². The summed E-state index contributed by atoms with van der Waals surface area (Å²) in [5, 5.41) is 3.15. The molecule has 0 aromatic carbocycles. The highest BCUT2D eigenvalue weighted by Gasteiger charge is 2.26. The molecule has 0 aliphatic carbocycles. The number of pyridine rings is 1. The van der Waals surface area contributed by atoms with Gasteiger partial charge in [-0.15, -0.1) is 0 Å². The number of aromatic nitrogens is 1. The number of nitrogens with one attached hydrogen (secondary N) is 1. The summed E-state index contributed by atoms with van der Waals surface area (Å²) in [5.74, 6) is 0.414. The predicted octanol–water partition coefficient (Wildman–Crippen LogP) is 1.07. The van der Waals surface area contributed by atoms with Gasteiger partial charge in [0.1, 0.15) is 10.7 Å². The third-order valence-electron chi connectivity index (χ3n) is 2.87. The van der Waals surface area contributed by atoms with Crippen molar-refractivity contribution in [2.24, 2.45) is 0 Å². The fourth-order valence-electron chi connectivity index (χ4n) is 1.90. The highest BCUT2D eigenvalue weighted by atomic mass is 32.2. The van der Waals surface area contributed by atoms with Crippen molar-refractivity contribution in [3.05, 3.63) is 18.3 Å². The van der Waals surface area contributed by atoms with Gasteiger partial charge in [0.05, 0.1) is 12.1 Å². The maximum atomic E-state index is 11.6. The molecular formula is C11H16N2O3S. The van der Waals surface area contributed by atoms with Gasteiger partial charge in [-0.1, -0.05) is 0 Å². The Balaban J connectivity index is 2.27. The lowest BCUT2D eigenvalue weighted by Crippen LogP contribution is -2.28. The summed E-state index contributed by atoms with van der Waals surface area (Å²) in [4.78, 5) is 4.33. The lowest BCUT2D eigenvalue weighted by atomic mass is 10.1. The smallest absolute Gasteiger partial charge is 0.179 e. The summed E-state index contributed by atoms with van der Waals surface area (Å²) in [5.41, 5.74) is 0. The number of nitrogens with zero attached hydrogens (tertiary/aromatic N) is 1. The topological polar surface area (TPSA) is 68.3 Å². The zero-order chi connectivity index (χ0) is 12.5. The SMILES string of the molecule is CC1OCCC1Nc1ncccc1S(C)(=O)=O. The molecule has 2 unspecified atom stereocenters. The quantitative estimate of drug-likeness (QED) is 0.876. The molecule has 0 bridgehead atoms. The molecule has 1 aromatic heterocycles. The molecule has 2 rings (SSSR count). The Morgan fingerprint density at radius 3 is 2.88 bits per heavy atom. The van der Waals surface area contributed by atoms with Gasteiger partial charge in [0, 0.05) is 19.1 Å². The van der Waals surface area contributed by atoms with Gasteiger partial charge in [-0.05, 0) is 25.5 Å². The van der Waals surface area contributed by atoms with Crippen LogP contribution in [0.3, 0.4) is 0 Å². The van der Waals surface area contributed by atoms with E-state index in [0.717, 1.165) is 6.42 Å². The lowest BCUT2D eigenvalue weighted by molar-refractivity contribution is 0.121. The first kappa shape index (κ1) is 12.3. The fraction of sp³-hybridized carbons (Fsp3) is 0.545. The molecule has 5 nitrogen and oxygen atoms in total. The molecule has 1 aliphatic heterocycles. The van der Waals surface area contributed by atoms with E-state index in [0.29, 0.717) is 12.4 Å². The Morgan fingerprint density at radius 1 is 1.53 bits per heavy atom. The minimum Gasteiger partial charge on any atom is -0.376 e. The summed E-state index contributed by atoms with van der Waals surface area (Å²) in [6.07, 6.45) is 3.70. The van der Waals surface area contributed by atoms with Gasteiger partial charge < -0.3 is 10.1 Å². The zero-order valence-corrected chi connectivity index (χ0v) is 10.7. The molecule has 2 heterocycles. The van der Waals surface area contributed by atoms with E-state index in [2.05, 4.69) is 10.3 Å². The molecule has 6 heteroatoms. The van der Waals surface area contributed by atoms with Crippen LogP contribution in [-0.2, 0) is 14.6 Å². The summed E-state index contributed by atoms with van der Waals surface area (Å²) >= 11 is 0. The summed E-state index contributed by atoms with van der Waals surface area (Å²) in [6, 6.07) is 3.30. The van der Waals surface area contributed by atoms with Crippen LogP contribution >= 0.6 is 0 Å². The second-order valence-electron chi connectivity index (χ2n) is 4.24. The Hall–Kier alpha value is -1.14. The largest absolute Gasteiger partial charge is 0.376 e. The monoisotopic (exact) mass is 256 g/mol. The zero-order valence-electron chi connectivity index (χ0n) is 9.88. The molecule has 2 atom stereocenters. The van der Waals surface area contributed by atoms with Gasteiger partial charge in [0.25, 0.3) is 0 Å². The van der Waals surface area contributed by atoms with E-state index in [9.17, 15) is 8.42 Å². The van der Waals surface area contributed by atoms with Crippen LogP contribution in [0.25, 0.3) is 0 Å². The molecule has 0 saturated carbocycles. The molecule has 17 heavy (non-hydrogen) atoms. The van der Waals surface area contributed by atoms with Gasteiger partial charge in [0.2, 0.25) is 0 Å². The van der Waals surface area contributed by atoms with E-state index < -0.39 is 9.84 Å². The molecule has 1 aromatic rings. The maximum Gasteiger partial charge on any atom is 0.179 e. The minimum absolute atomic E-state index is 0.0735. The highest BCUT2D eigenvalue weighted by Crippen LogP contribution is 2.22. The van der Waals surface area contributed by atoms with Crippen LogP contribution in [0.2, 0.25) is 0 Å². The molecule has 1 N–H and O–H groups in total. The number of ether oxygens (including phenoxy) is 1. The standard InChI is InChI=1S/C11H16N2O3S/c1-8-9(5-7-16-8)13-11-10(17(2,14)15)4-3-6-12-11/h3-4,6,8-9H,5,7H2,1-2H3,(H,12,13). The van der Waals surface area contributed by atoms with Crippen molar-refractivity contribution in [1.29, 1.82) is 0 Å². The van der Waals surface area contributed by atoms with Crippen molar-refractivity contribution in [2.45, 2.75) is 30.4 Å². The maximum absolute atomic E-state index is 11.6. The minimum atomic E-state index is -3.26. The molecule has 1 saturated heterocycles. The number of rotatable bonds is 3. The normalized spacial score (nSPS) is 24.8. The van der Waals surface area contributed by atoms with Crippen molar-refractivity contribution < 1.29 is 13.2 Å². The van der Waals surface area contributed by atoms with E-state index >= 15 is 0 Å². The molecule has 0 spiro atoms. The number of hydrogen-bond acceptors (Lipinski definition) is 5. The van der Waals surface area contributed by atoms with Crippen LogP contribution in [0, 0.1) is 0 Å². The molecule has 0 amide bonds. The second-order valence-corrected chi connectivity index (χ2v) is 6.22. The molecule has 0 radical (unpaired) electrons. The Labute approximate surface area is 101 Å². The lowest BCUT2D eigenvalue weighted by Gasteiger charge is -2.18. The first-order chi connectivity index (χ1) is 7.98. The Bertz CT molecular complexity index is 501. The van der Waals surface area contributed by atoms with Gasteiger partial charge in [-0.25, -0.2) is 13.4 Å². The molecular weight excluding hydrogens is 240 g/mol. The van der Waals surface area contributed by atoms with E-state index in [4.69, 9.17) is 4.74 Å². The molecule has 94 valence electrons. The summed E-state index contributed by atoms with van der Waals surface area (Å²) < 4.78 is 28.6.